The number of ether oxygens (including phenoxy) is 4. The molecule has 1 saturated heterocycles. The molecule has 1 fully saturated rings. The van der Waals surface area contributed by atoms with Crippen molar-refractivity contribution >= 4 is 25.1 Å². The summed E-state index contributed by atoms with van der Waals surface area (Å²) in [4.78, 5) is 50.0. The highest BCUT2D eigenvalue weighted by Gasteiger charge is 2.34. The first-order chi connectivity index (χ1) is 16.5. The van der Waals surface area contributed by atoms with Crippen LogP contribution in [-0.4, -0.2) is 111 Å². The number of hydrogen-bond donors (Lipinski definition) is 1. The summed E-state index contributed by atoms with van der Waals surface area (Å²) >= 11 is 0. The van der Waals surface area contributed by atoms with Gasteiger partial charge in [-0.3, -0.25) is 19.2 Å². The van der Waals surface area contributed by atoms with Gasteiger partial charge in [-0.2, -0.15) is 0 Å². The lowest BCUT2D eigenvalue weighted by Crippen LogP contribution is -2.59. The van der Waals surface area contributed by atoms with Crippen LogP contribution < -0.4 is 5.32 Å². The Hall–Kier alpha value is -1.60. The summed E-state index contributed by atoms with van der Waals surface area (Å²) in [5.41, 5.74) is 0. The third-order valence-electron chi connectivity index (χ3n) is 5.56. The Morgan fingerprint density at radius 1 is 0.647 bits per heavy atom. The molecular weight excluding hydrogens is 446 g/mol. The second-order valence-corrected chi connectivity index (χ2v) is 7.81. The lowest BCUT2D eigenvalue weighted by molar-refractivity contribution is -0.166. The van der Waals surface area contributed by atoms with Crippen LogP contribution in [0.25, 0.3) is 0 Å². The van der Waals surface area contributed by atoms with Crippen LogP contribution >= 0.6 is 0 Å². The maximum absolute atomic E-state index is 11.7. The second-order valence-electron chi connectivity index (χ2n) is 7.81. The first-order valence-electron chi connectivity index (χ1n) is 12.1. The molecule has 0 radical (unpaired) electrons. The van der Waals surface area contributed by atoms with Crippen LogP contribution in [0.4, 0.5) is 0 Å². The van der Waals surface area contributed by atoms with Gasteiger partial charge in [0.2, 0.25) is 0 Å². The molecular formula is C23H41N3O8. The molecule has 196 valence electrons. The number of rotatable bonds is 20. The number of carbonyl (C=O) groups excluding carboxylic acids is 4. The van der Waals surface area contributed by atoms with Crippen molar-refractivity contribution in [3.63, 3.8) is 0 Å². The maximum atomic E-state index is 11.7. The highest BCUT2D eigenvalue weighted by molar-refractivity contribution is 5.60. The van der Waals surface area contributed by atoms with Gasteiger partial charge < -0.3 is 24.3 Å². The van der Waals surface area contributed by atoms with E-state index in [-0.39, 0.29) is 12.1 Å². The van der Waals surface area contributed by atoms with Crippen molar-refractivity contribution in [3.05, 3.63) is 0 Å². The smallest absolute Gasteiger partial charge is 0.169 e. The molecule has 1 rings (SSSR count). The molecule has 1 aliphatic rings. The molecule has 0 spiro atoms. The fourth-order valence-corrected chi connectivity index (χ4v) is 4.15. The Bertz CT molecular complexity index is 513. The van der Waals surface area contributed by atoms with E-state index in [1.54, 1.807) is 37.5 Å². The van der Waals surface area contributed by atoms with Gasteiger partial charge in [0.25, 0.3) is 0 Å². The Kier molecular flexibility index (Phi) is 15.9. The number of piperidine rings is 1. The van der Waals surface area contributed by atoms with Gasteiger partial charge in [0.05, 0.1) is 0 Å². The summed E-state index contributed by atoms with van der Waals surface area (Å²) < 4.78 is 22.1. The van der Waals surface area contributed by atoms with Crippen molar-refractivity contribution in [2.75, 3.05) is 39.5 Å². The molecule has 1 aliphatic heterocycles. The molecule has 6 atom stereocenters. The third kappa shape index (κ3) is 9.57. The Morgan fingerprint density at radius 2 is 0.941 bits per heavy atom. The minimum absolute atomic E-state index is 0.0741. The van der Waals surface area contributed by atoms with Gasteiger partial charge in [-0.05, 0) is 40.5 Å². The average molecular weight is 488 g/mol. The van der Waals surface area contributed by atoms with Gasteiger partial charge in [0.1, 0.15) is 0 Å². The van der Waals surface area contributed by atoms with Crippen molar-refractivity contribution in [1.29, 1.82) is 0 Å². The van der Waals surface area contributed by atoms with E-state index in [0.717, 1.165) is 19.3 Å². The van der Waals surface area contributed by atoms with E-state index in [9.17, 15) is 19.2 Å². The third-order valence-corrected chi connectivity index (χ3v) is 5.56. The van der Waals surface area contributed by atoms with E-state index in [0.29, 0.717) is 64.7 Å². The minimum atomic E-state index is -0.916. The van der Waals surface area contributed by atoms with Gasteiger partial charge in [-0.1, -0.05) is 6.42 Å². The molecule has 0 bridgehead atoms. The lowest BCUT2D eigenvalue weighted by atomic mass is 9.97. The number of aldehydes is 4. The van der Waals surface area contributed by atoms with Crippen LogP contribution in [0.5, 0.6) is 0 Å². The zero-order valence-corrected chi connectivity index (χ0v) is 20.8. The van der Waals surface area contributed by atoms with E-state index < -0.39 is 24.9 Å². The Morgan fingerprint density at radius 3 is 1.18 bits per heavy atom. The van der Waals surface area contributed by atoms with Crippen molar-refractivity contribution in [1.82, 2.24) is 15.1 Å². The van der Waals surface area contributed by atoms with E-state index in [4.69, 9.17) is 18.9 Å². The van der Waals surface area contributed by atoms with Gasteiger partial charge in [-0.15, -0.1) is 0 Å². The molecule has 0 aromatic carbocycles. The first kappa shape index (κ1) is 30.4. The normalized spacial score (nSPS) is 22.2. The summed E-state index contributed by atoms with van der Waals surface area (Å²) in [6, 6.07) is -0.148. The van der Waals surface area contributed by atoms with Gasteiger partial charge in [0.15, 0.2) is 50.1 Å². The lowest BCUT2D eigenvalue weighted by Gasteiger charge is -2.40. The van der Waals surface area contributed by atoms with Crippen LogP contribution in [0.3, 0.4) is 0 Å². The minimum Gasteiger partial charge on any atom is -0.356 e. The van der Waals surface area contributed by atoms with E-state index in [1.807, 2.05) is 0 Å². The highest BCUT2D eigenvalue weighted by Crippen LogP contribution is 2.19. The molecule has 11 heteroatoms. The summed E-state index contributed by atoms with van der Waals surface area (Å²) in [6.45, 7) is 9.02. The summed E-state index contributed by atoms with van der Waals surface area (Å²) in [6.07, 6.45) is 1.49. The quantitative estimate of drug-likeness (QED) is 0.189. The predicted molar refractivity (Wildman–Crippen MR) is 124 cm³/mol. The molecule has 34 heavy (non-hydrogen) atoms. The predicted octanol–water partition coefficient (Wildman–Crippen LogP) is 0.347. The van der Waals surface area contributed by atoms with E-state index in [1.165, 1.54) is 0 Å². The standard InChI is InChI=1S/C23H41N3O8/c1-5-31-20(14-27)25(21(15-28)32-6-2)12-18-10-9-11-19(24-18)13-26(22(16-29)33-7-3)23(17-30)34-8-4/h14-24H,5-13H2,1-4H3. The van der Waals surface area contributed by atoms with E-state index >= 15 is 0 Å². The highest BCUT2D eigenvalue weighted by atomic mass is 16.5. The summed E-state index contributed by atoms with van der Waals surface area (Å²) in [5.74, 6) is 0. The van der Waals surface area contributed by atoms with Crippen molar-refractivity contribution < 1.29 is 38.1 Å². The SMILES string of the molecule is CCOC(C=O)N(CC1CCCC(CN(C(C=O)OCC)C(C=O)OCC)N1)C(C=O)OCC. The fourth-order valence-electron chi connectivity index (χ4n) is 4.15. The molecule has 1 heterocycles. The topological polar surface area (TPSA) is 124 Å². The first-order valence-corrected chi connectivity index (χ1v) is 12.1. The van der Waals surface area contributed by atoms with Crippen LogP contribution in [0.1, 0.15) is 47.0 Å². The number of hydrogen-bond acceptors (Lipinski definition) is 11. The number of nitrogens with zero attached hydrogens (tertiary/aromatic N) is 2. The monoisotopic (exact) mass is 487 g/mol. The molecule has 0 aromatic heterocycles. The Labute approximate surface area is 202 Å². The zero-order chi connectivity index (χ0) is 25.3. The van der Waals surface area contributed by atoms with Crippen LogP contribution in [0.15, 0.2) is 0 Å². The molecule has 11 nitrogen and oxygen atoms in total. The van der Waals surface area contributed by atoms with Gasteiger partial charge >= 0.3 is 0 Å². The van der Waals surface area contributed by atoms with Crippen molar-refractivity contribution in [2.45, 2.75) is 84.0 Å². The fraction of sp³-hybridized carbons (Fsp3) is 0.826. The zero-order valence-electron chi connectivity index (χ0n) is 20.8. The largest absolute Gasteiger partial charge is 0.356 e. The molecule has 0 saturated carbocycles. The van der Waals surface area contributed by atoms with Crippen LogP contribution in [0.2, 0.25) is 0 Å². The number of carbonyl (C=O) groups is 4. The van der Waals surface area contributed by atoms with Crippen molar-refractivity contribution in [2.24, 2.45) is 0 Å². The molecule has 0 amide bonds. The van der Waals surface area contributed by atoms with Gasteiger partial charge in [0, 0.05) is 51.6 Å². The summed E-state index contributed by atoms with van der Waals surface area (Å²) in [7, 11) is 0. The average Bonchev–Trinajstić information content (AvgIpc) is 2.85. The van der Waals surface area contributed by atoms with Crippen LogP contribution in [0, 0.1) is 0 Å². The molecule has 0 aromatic rings. The molecule has 0 aliphatic carbocycles. The molecule has 1 N–H and O–H groups in total. The summed E-state index contributed by atoms with van der Waals surface area (Å²) in [5, 5.41) is 3.53. The number of nitrogens with one attached hydrogen (secondary N) is 1. The van der Waals surface area contributed by atoms with Crippen LogP contribution in [-0.2, 0) is 38.1 Å². The maximum Gasteiger partial charge on any atom is 0.169 e. The van der Waals surface area contributed by atoms with Crippen molar-refractivity contribution in [3.8, 4) is 0 Å². The van der Waals surface area contributed by atoms with E-state index in [2.05, 4.69) is 5.32 Å². The Balaban J connectivity index is 3.01. The van der Waals surface area contributed by atoms with Gasteiger partial charge in [-0.25, -0.2) is 9.80 Å². The second kappa shape index (κ2) is 17.8. The molecule has 6 unspecified atom stereocenters.